The Bertz CT molecular complexity index is 1060. The van der Waals surface area contributed by atoms with E-state index >= 15 is 0 Å². The molecule has 1 aliphatic heterocycles. The van der Waals surface area contributed by atoms with Crippen LogP contribution in [-0.2, 0) is 17.4 Å². The number of halogens is 4. The Morgan fingerprint density at radius 1 is 1.21 bits per heavy atom. The molecule has 1 unspecified atom stereocenters. The van der Waals surface area contributed by atoms with Gasteiger partial charge < -0.3 is 5.32 Å². The number of aliphatic imine (C=N–C) groups is 1. The molecular formula is C18H11ClF3N3OS2. The largest absolute Gasteiger partial charge is 0.416 e. The van der Waals surface area contributed by atoms with Crippen LogP contribution in [0, 0.1) is 0 Å². The second-order valence-corrected chi connectivity index (χ2v) is 8.59. The van der Waals surface area contributed by atoms with Crippen LogP contribution < -0.4 is 5.32 Å². The molecule has 0 bridgehead atoms. The minimum Gasteiger partial charge on any atom is -0.304 e. The molecule has 1 N–H and O–H groups in total. The van der Waals surface area contributed by atoms with Gasteiger partial charge in [-0.1, -0.05) is 46.8 Å². The molecular weight excluding hydrogens is 431 g/mol. The lowest BCUT2D eigenvalue weighted by molar-refractivity contribution is -0.137. The Hall–Kier alpha value is -2.10. The number of nitrogens with zero attached hydrogens (tertiary/aromatic N) is 2. The summed E-state index contributed by atoms with van der Waals surface area (Å²) in [6.45, 7) is 0. The van der Waals surface area contributed by atoms with Crippen molar-refractivity contribution in [2.24, 2.45) is 4.99 Å². The van der Waals surface area contributed by atoms with E-state index in [1.807, 2.05) is 24.3 Å². The molecule has 1 amide bonds. The van der Waals surface area contributed by atoms with Crippen LogP contribution >= 0.6 is 34.7 Å². The topological polar surface area (TPSA) is 54.4 Å². The van der Waals surface area contributed by atoms with Crippen LogP contribution in [0.2, 0.25) is 5.02 Å². The fraction of sp³-hybridized carbons (Fsp3) is 0.167. The van der Waals surface area contributed by atoms with Crippen LogP contribution in [-0.4, -0.2) is 21.3 Å². The van der Waals surface area contributed by atoms with E-state index in [2.05, 4.69) is 15.3 Å². The molecule has 2 aromatic carbocycles. The molecule has 1 aromatic heterocycles. The Morgan fingerprint density at radius 3 is 2.75 bits per heavy atom. The summed E-state index contributed by atoms with van der Waals surface area (Å²) >= 11 is 8.58. The van der Waals surface area contributed by atoms with Gasteiger partial charge in [0.25, 0.3) is 0 Å². The molecule has 0 saturated carbocycles. The van der Waals surface area contributed by atoms with E-state index in [1.165, 1.54) is 17.4 Å². The number of fused-ring (bicyclic) bond motifs is 1. The molecule has 2 heterocycles. The average Bonchev–Trinajstić information content (AvgIpc) is 3.18. The van der Waals surface area contributed by atoms with Gasteiger partial charge in [-0.15, -0.1) is 0 Å². The first-order valence-electron chi connectivity index (χ1n) is 8.07. The first-order valence-corrected chi connectivity index (χ1v) is 10.1. The quantitative estimate of drug-likeness (QED) is 0.589. The van der Waals surface area contributed by atoms with Crippen LogP contribution in [0.25, 0.3) is 10.2 Å². The number of amidine groups is 1. The van der Waals surface area contributed by atoms with Crippen LogP contribution in [0.15, 0.2) is 47.5 Å². The van der Waals surface area contributed by atoms with Crippen LogP contribution in [0.5, 0.6) is 0 Å². The molecule has 144 valence electrons. The highest BCUT2D eigenvalue weighted by atomic mass is 35.5. The second-order valence-electron chi connectivity index (χ2n) is 5.98. The van der Waals surface area contributed by atoms with Crippen LogP contribution in [0.3, 0.4) is 0 Å². The third-order valence-corrected chi connectivity index (χ3v) is 6.42. The monoisotopic (exact) mass is 441 g/mol. The molecule has 10 heteroatoms. The predicted octanol–water partition coefficient (Wildman–Crippen LogP) is 5.43. The number of para-hydroxylation sites is 1. The number of hydrogen-bond acceptors (Lipinski definition) is 5. The van der Waals surface area contributed by atoms with Gasteiger partial charge in [0, 0.05) is 5.02 Å². The van der Waals surface area contributed by atoms with Gasteiger partial charge in [-0.2, -0.15) is 18.2 Å². The standard InChI is InChI=1S/C18H11ClF3N3OS2/c19-11-6-5-10(18(20,21)22)7-9(11)8-14-15(26)24-17(28-14)25-16-23-12-3-1-2-4-13(12)27-16/h1-7,14H,8H2,(H,23,24,25,26). The number of alkyl halides is 3. The van der Waals surface area contributed by atoms with Crippen LogP contribution in [0.4, 0.5) is 18.3 Å². The van der Waals surface area contributed by atoms with Crippen molar-refractivity contribution >= 4 is 61.1 Å². The van der Waals surface area contributed by atoms with E-state index in [1.54, 1.807) is 0 Å². The van der Waals surface area contributed by atoms with Crippen molar-refractivity contribution in [1.82, 2.24) is 10.3 Å². The molecule has 1 aliphatic rings. The number of amides is 1. The molecule has 1 fully saturated rings. The Labute approximate surface area is 170 Å². The summed E-state index contributed by atoms with van der Waals surface area (Å²) in [6.07, 6.45) is -4.40. The predicted molar refractivity (Wildman–Crippen MR) is 106 cm³/mol. The average molecular weight is 442 g/mol. The van der Waals surface area contributed by atoms with E-state index in [0.29, 0.717) is 10.3 Å². The zero-order chi connectivity index (χ0) is 19.9. The SMILES string of the molecule is O=C1N/C(=N/c2nc3ccccc3s2)SC1Cc1cc(C(F)(F)F)ccc1Cl. The highest BCUT2D eigenvalue weighted by Crippen LogP contribution is 2.35. The zero-order valence-electron chi connectivity index (χ0n) is 14.0. The molecule has 4 nitrogen and oxygen atoms in total. The van der Waals surface area contributed by atoms with Crippen molar-refractivity contribution in [3.63, 3.8) is 0 Å². The second kappa shape index (κ2) is 7.38. The van der Waals surface area contributed by atoms with Crippen molar-refractivity contribution in [1.29, 1.82) is 0 Å². The molecule has 1 atom stereocenters. The number of benzene rings is 2. The lowest BCUT2D eigenvalue weighted by Crippen LogP contribution is -2.26. The number of nitrogens with one attached hydrogen (secondary N) is 1. The van der Waals surface area contributed by atoms with Crippen molar-refractivity contribution in [2.75, 3.05) is 0 Å². The van der Waals surface area contributed by atoms with Gasteiger partial charge in [0.1, 0.15) is 0 Å². The lowest BCUT2D eigenvalue weighted by Gasteiger charge is -2.12. The highest BCUT2D eigenvalue weighted by molar-refractivity contribution is 8.15. The van der Waals surface area contributed by atoms with Gasteiger partial charge >= 0.3 is 6.18 Å². The fourth-order valence-corrected chi connectivity index (χ4v) is 4.79. The van der Waals surface area contributed by atoms with Gasteiger partial charge in [0.15, 0.2) is 5.17 Å². The summed E-state index contributed by atoms with van der Waals surface area (Å²) in [4.78, 5) is 21.0. The molecule has 1 saturated heterocycles. The molecule has 28 heavy (non-hydrogen) atoms. The summed E-state index contributed by atoms with van der Waals surface area (Å²) in [5.41, 5.74) is 0.289. The molecule has 0 radical (unpaired) electrons. The first-order chi connectivity index (χ1) is 13.3. The van der Waals surface area contributed by atoms with Crippen molar-refractivity contribution in [2.45, 2.75) is 17.8 Å². The van der Waals surface area contributed by atoms with E-state index in [4.69, 9.17) is 11.6 Å². The smallest absolute Gasteiger partial charge is 0.304 e. The number of carbonyl (C=O) groups is 1. The van der Waals surface area contributed by atoms with E-state index in [9.17, 15) is 18.0 Å². The maximum absolute atomic E-state index is 12.9. The summed E-state index contributed by atoms with van der Waals surface area (Å²) in [5, 5.41) is 3.11. The summed E-state index contributed by atoms with van der Waals surface area (Å²) in [5.74, 6) is -0.321. The van der Waals surface area contributed by atoms with Crippen molar-refractivity contribution < 1.29 is 18.0 Å². The Kier molecular flexibility index (Phi) is 5.07. The number of thiazole rings is 1. The Balaban J connectivity index is 1.54. The van der Waals surface area contributed by atoms with E-state index < -0.39 is 17.0 Å². The minimum absolute atomic E-state index is 0.0676. The normalized spacial score (nSPS) is 18.8. The summed E-state index contributed by atoms with van der Waals surface area (Å²) in [6, 6.07) is 10.7. The van der Waals surface area contributed by atoms with E-state index in [0.717, 1.165) is 34.1 Å². The van der Waals surface area contributed by atoms with Gasteiger partial charge in [-0.25, -0.2) is 4.98 Å². The maximum Gasteiger partial charge on any atom is 0.416 e. The Morgan fingerprint density at radius 2 is 2.00 bits per heavy atom. The number of hydrogen-bond donors (Lipinski definition) is 1. The number of rotatable bonds is 3. The molecule has 0 aliphatic carbocycles. The van der Waals surface area contributed by atoms with Crippen LogP contribution in [0.1, 0.15) is 11.1 Å². The third-order valence-electron chi connectivity index (χ3n) is 4.03. The molecule has 4 rings (SSSR count). The number of aromatic nitrogens is 1. The number of carbonyl (C=O) groups excluding carboxylic acids is 1. The van der Waals surface area contributed by atoms with Crippen molar-refractivity contribution in [3.05, 3.63) is 58.6 Å². The summed E-state index contributed by atoms with van der Waals surface area (Å²) in [7, 11) is 0. The number of thioether (sulfide) groups is 1. The van der Waals surface area contributed by atoms with Crippen molar-refractivity contribution in [3.8, 4) is 0 Å². The first kappa shape index (κ1) is 19.2. The third kappa shape index (κ3) is 4.01. The van der Waals surface area contributed by atoms with Gasteiger partial charge in [0.2, 0.25) is 11.0 Å². The molecule has 3 aromatic rings. The fourth-order valence-electron chi connectivity index (χ4n) is 2.69. The summed E-state index contributed by atoms with van der Waals surface area (Å²) < 4.78 is 39.8. The van der Waals surface area contributed by atoms with Gasteiger partial charge in [-0.3, -0.25) is 4.79 Å². The van der Waals surface area contributed by atoms with E-state index in [-0.39, 0.29) is 22.9 Å². The highest BCUT2D eigenvalue weighted by Gasteiger charge is 2.34. The molecule has 0 spiro atoms. The maximum atomic E-state index is 12.9. The zero-order valence-corrected chi connectivity index (χ0v) is 16.3. The lowest BCUT2D eigenvalue weighted by atomic mass is 10.1. The minimum atomic E-state index is -4.47. The van der Waals surface area contributed by atoms with Gasteiger partial charge in [-0.05, 0) is 42.3 Å². The van der Waals surface area contributed by atoms with Gasteiger partial charge in [0.05, 0.1) is 21.0 Å².